The second-order valence-electron chi connectivity index (χ2n) is 3.36. The van der Waals surface area contributed by atoms with Gasteiger partial charge in [0.15, 0.2) is 0 Å². The molecule has 1 rings (SSSR count). The molecule has 5 heteroatoms. The van der Waals surface area contributed by atoms with Crippen LogP contribution in [0.4, 0.5) is 0 Å². The highest BCUT2D eigenvalue weighted by Gasteiger charge is 2.14. The van der Waals surface area contributed by atoms with E-state index >= 15 is 0 Å². The van der Waals surface area contributed by atoms with E-state index in [4.69, 9.17) is 10.6 Å². The van der Waals surface area contributed by atoms with E-state index in [0.29, 0.717) is 13.2 Å². The minimum atomic E-state index is 0.0130. The molecule has 1 aromatic heterocycles. The Morgan fingerprint density at radius 1 is 1.60 bits per heavy atom. The van der Waals surface area contributed by atoms with Crippen molar-refractivity contribution in [3.8, 4) is 0 Å². The lowest BCUT2D eigenvalue weighted by Crippen LogP contribution is -2.33. The van der Waals surface area contributed by atoms with Crippen molar-refractivity contribution in [1.29, 1.82) is 0 Å². The molecule has 1 unspecified atom stereocenters. The van der Waals surface area contributed by atoms with Crippen LogP contribution in [-0.2, 0) is 11.3 Å². The minimum absolute atomic E-state index is 0.0130. The molecule has 3 N–H and O–H groups in total. The first-order valence-electron chi connectivity index (χ1n) is 5.39. The third-order valence-electron chi connectivity index (χ3n) is 2.23. The Kier molecular flexibility index (Phi) is 5.31. The van der Waals surface area contributed by atoms with E-state index < -0.39 is 0 Å². The quantitative estimate of drug-likeness (QED) is 0.519. The predicted octanol–water partition coefficient (Wildman–Crippen LogP) is 0.834. The molecule has 0 spiro atoms. The summed E-state index contributed by atoms with van der Waals surface area (Å²) in [5.74, 6) is 5.50. The molecule has 0 fully saturated rings. The van der Waals surface area contributed by atoms with Gasteiger partial charge in [0.2, 0.25) is 0 Å². The first kappa shape index (κ1) is 12.2. The minimum Gasteiger partial charge on any atom is -0.380 e. The second kappa shape index (κ2) is 6.55. The monoisotopic (exact) mass is 212 g/mol. The summed E-state index contributed by atoms with van der Waals surface area (Å²) in [4.78, 5) is 0. The van der Waals surface area contributed by atoms with Crippen molar-refractivity contribution >= 4 is 0 Å². The highest BCUT2D eigenvalue weighted by Crippen LogP contribution is 2.12. The number of nitrogens with one attached hydrogen (secondary N) is 1. The Hall–Kier alpha value is -0.910. The number of hydrazine groups is 1. The van der Waals surface area contributed by atoms with Crippen LogP contribution in [0, 0.1) is 0 Å². The van der Waals surface area contributed by atoms with Crippen LogP contribution in [0.1, 0.15) is 32.0 Å². The van der Waals surface area contributed by atoms with E-state index in [0.717, 1.165) is 18.7 Å². The van der Waals surface area contributed by atoms with Gasteiger partial charge >= 0.3 is 0 Å². The van der Waals surface area contributed by atoms with Crippen LogP contribution in [0.3, 0.4) is 0 Å². The van der Waals surface area contributed by atoms with E-state index in [9.17, 15) is 0 Å². The maximum Gasteiger partial charge on any atom is 0.0862 e. The molecule has 1 heterocycles. The molecular formula is C10H20N4O. The Morgan fingerprint density at radius 2 is 2.40 bits per heavy atom. The van der Waals surface area contributed by atoms with Crippen molar-refractivity contribution in [3.63, 3.8) is 0 Å². The van der Waals surface area contributed by atoms with Gasteiger partial charge in [-0.25, -0.2) is 5.43 Å². The van der Waals surface area contributed by atoms with Crippen LogP contribution in [0.5, 0.6) is 0 Å². The van der Waals surface area contributed by atoms with Crippen molar-refractivity contribution < 1.29 is 4.74 Å². The van der Waals surface area contributed by atoms with Gasteiger partial charge in [0.25, 0.3) is 0 Å². The molecule has 0 aliphatic carbocycles. The van der Waals surface area contributed by atoms with Crippen molar-refractivity contribution in [2.24, 2.45) is 5.84 Å². The summed E-state index contributed by atoms with van der Waals surface area (Å²) in [5.41, 5.74) is 3.83. The van der Waals surface area contributed by atoms with Crippen molar-refractivity contribution in [1.82, 2.24) is 15.2 Å². The molecule has 0 aliphatic heterocycles. The van der Waals surface area contributed by atoms with Crippen LogP contribution < -0.4 is 11.3 Å². The van der Waals surface area contributed by atoms with Crippen molar-refractivity contribution in [2.75, 3.05) is 13.2 Å². The lowest BCUT2D eigenvalue weighted by atomic mass is 10.2. The van der Waals surface area contributed by atoms with Crippen LogP contribution >= 0.6 is 0 Å². The predicted molar refractivity (Wildman–Crippen MR) is 59.1 cm³/mol. The average Bonchev–Trinajstić information content (AvgIpc) is 2.68. The summed E-state index contributed by atoms with van der Waals surface area (Å²) in [6, 6.07) is 1.98. The smallest absolute Gasteiger partial charge is 0.0862 e. The van der Waals surface area contributed by atoms with Crippen molar-refractivity contribution in [2.45, 2.75) is 32.9 Å². The van der Waals surface area contributed by atoms with Gasteiger partial charge in [-0.05, 0) is 19.4 Å². The Balaban J connectivity index is 2.67. The lowest BCUT2D eigenvalue weighted by Gasteiger charge is -2.17. The molecule has 0 amide bonds. The van der Waals surface area contributed by atoms with Crippen molar-refractivity contribution in [3.05, 3.63) is 18.0 Å². The fraction of sp³-hybridized carbons (Fsp3) is 0.700. The van der Waals surface area contributed by atoms with E-state index in [2.05, 4.69) is 17.4 Å². The highest BCUT2D eigenvalue weighted by molar-refractivity contribution is 5.06. The van der Waals surface area contributed by atoms with Gasteiger partial charge in [-0.2, -0.15) is 5.10 Å². The average molecular weight is 212 g/mol. The molecule has 0 bridgehead atoms. The maximum absolute atomic E-state index is 5.50. The second-order valence-corrected chi connectivity index (χ2v) is 3.36. The zero-order valence-electron chi connectivity index (χ0n) is 9.44. The van der Waals surface area contributed by atoms with Gasteiger partial charge in [-0.15, -0.1) is 0 Å². The molecular weight excluding hydrogens is 192 g/mol. The van der Waals surface area contributed by atoms with Crippen LogP contribution in [0.25, 0.3) is 0 Å². The molecule has 0 saturated carbocycles. The standard InChI is InChI=1S/C10H20N4O/c1-3-7-14-10(5-6-12-14)9(13-11)8-15-4-2/h5-6,9,13H,3-4,7-8,11H2,1-2H3. The third kappa shape index (κ3) is 3.30. The Labute approximate surface area is 90.6 Å². The first-order chi connectivity index (χ1) is 7.33. The van der Waals surface area contributed by atoms with Crippen LogP contribution in [0.2, 0.25) is 0 Å². The number of ether oxygens (including phenoxy) is 1. The van der Waals surface area contributed by atoms with E-state index in [1.807, 2.05) is 17.7 Å². The number of hydrogen-bond donors (Lipinski definition) is 2. The zero-order chi connectivity index (χ0) is 11.1. The number of nitrogens with two attached hydrogens (primary N) is 1. The molecule has 5 nitrogen and oxygen atoms in total. The third-order valence-corrected chi connectivity index (χ3v) is 2.23. The number of aromatic nitrogens is 2. The van der Waals surface area contributed by atoms with E-state index in [-0.39, 0.29) is 6.04 Å². The Bertz CT molecular complexity index is 274. The maximum atomic E-state index is 5.50. The lowest BCUT2D eigenvalue weighted by molar-refractivity contribution is 0.120. The van der Waals surface area contributed by atoms with Gasteiger partial charge in [-0.1, -0.05) is 6.92 Å². The zero-order valence-corrected chi connectivity index (χ0v) is 9.44. The fourth-order valence-electron chi connectivity index (χ4n) is 1.49. The molecule has 0 saturated heterocycles. The van der Waals surface area contributed by atoms with E-state index in [1.165, 1.54) is 0 Å². The highest BCUT2D eigenvalue weighted by atomic mass is 16.5. The SMILES string of the molecule is CCCn1nccc1C(COCC)NN. The number of nitrogens with zero attached hydrogens (tertiary/aromatic N) is 2. The Morgan fingerprint density at radius 3 is 3.00 bits per heavy atom. The number of rotatable bonds is 7. The number of aryl methyl sites for hydroxylation is 1. The molecule has 15 heavy (non-hydrogen) atoms. The summed E-state index contributed by atoms with van der Waals surface area (Å²) in [6.07, 6.45) is 2.85. The molecule has 1 atom stereocenters. The summed E-state index contributed by atoms with van der Waals surface area (Å²) in [7, 11) is 0. The van der Waals surface area contributed by atoms with Gasteiger partial charge in [0, 0.05) is 19.3 Å². The van der Waals surface area contributed by atoms with Gasteiger partial charge in [-0.3, -0.25) is 10.5 Å². The summed E-state index contributed by atoms with van der Waals surface area (Å²) >= 11 is 0. The summed E-state index contributed by atoms with van der Waals surface area (Å²) in [5, 5.41) is 4.25. The van der Waals surface area contributed by atoms with E-state index in [1.54, 1.807) is 6.20 Å². The molecule has 1 aromatic rings. The molecule has 0 radical (unpaired) electrons. The van der Waals surface area contributed by atoms with Gasteiger partial charge < -0.3 is 4.74 Å². The van der Waals surface area contributed by atoms with Gasteiger partial charge in [0.05, 0.1) is 18.3 Å². The van der Waals surface area contributed by atoms with Crippen LogP contribution in [0.15, 0.2) is 12.3 Å². The first-order valence-corrected chi connectivity index (χ1v) is 5.39. The van der Waals surface area contributed by atoms with Gasteiger partial charge in [0.1, 0.15) is 0 Å². The molecule has 0 aromatic carbocycles. The molecule has 0 aliphatic rings. The summed E-state index contributed by atoms with van der Waals surface area (Å²) < 4.78 is 7.32. The van der Waals surface area contributed by atoms with Crippen LogP contribution in [-0.4, -0.2) is 23.0 Å². The largest absolute Gasteiger partial charge is 0.380 e. The topological polar surface area (TPSA) is 65.1 Å². The summed E-state index contributed by atoms with van der Waals surface area (Å²) in [6.45, 7) is 6.27. The molecule has 86 valence electrons. The number of hydrogen-bond acceptors (Lipinski definition) is 4. The fourth-order valence-corrected chi connectivity index (χ4v) is 1.49. The normalized spacial score (nSPS) is 13.0.